The van der Waals surface area contributed by atoms with Gasteiger partial charge in [-0.1, -0.05) is 36.6 Å². The number of nitrogens with zero attached hydrogens (tertiary/aromatic N) is 2. The second-order valence-corrected chi connectivity index (χ2v) is 7.47. The summed E-state index contributed by atoms with van der Waals surface area (Å²) < 4.78 is 0. The molecule has 0 aromatic heterocycles. The van der Waals surface area contributed by atoms with Crippen LogP contribution in [-0.4, -0.2) is 44.5 Å². The van der Waals surface area contributed by atoms with E-state index in [1.54, 1.807) is 11.9 Å². The third-order valence-electron chi connectivity index (χ3n) is 4.94. The van der Waals surface area contributed by atoms with Gasteiger partial charge in [0.15, 0.2) is 5.96 Å². The molecule has 0 saturated heterocycles. The van der Waals surface area contributed by atoms with Gasteiger partial charge in [-0.25, -0.2) is 0 Å². The van der Waals surface area contributed by atoms with Crippen LogP contribution in [0, 0.1) is 5.41 Å². The zero-order valence-corrected chi connectivity index (χ0v) is 19.1. The topological polar surface area (TPSA) is 56.7 Å². The molecule has 2 N–H and O–H groups in total. The molecule has 1 aromatic rings. The molecule has 0 aliphatic heterocycles. The van der Waals surface area contributed by atoms with Crippen LogP contribution in [0.2, 0.25) is 5.02 Å². The molecule has 0 heterocycles. The molecule has 1 aliphatic rings. The molecule has 2 rings (SSSR count). The van der Waals surface area contributed by atoms with E-state index in [1.165, 1.54) is 0 Å². The van der Waals surface area contributed by atoms with E-state index in [-0.39, 0.29) is 41.3 Å². The number of carbonyl (C=O) groups is 1. The molecule has 1 aromatic carbocycles. The number of amides is 1. The summed E-state index contributed by atoms with van der Waals surface area (Å²) in [5, 5.41) is 7.45. The van der Waals surface area contributed by atoms with Crippen LogP contribution in [0.5, 0.6) is 0 Å². The van der Waals surface area contributed by atoms with Crippen molar-refractivity contribution in [3.05, 3.63) is 34.9 Å². The maximum Gasteiger partial charge on any atom is 0.230 e. The first kappa shape index (κ1) is 23.0. The Bertz CT molecular complexity index is 630. The van der Waals surface area contributed by atoms with Gasteiger partial charge in [0, 0.05) is 32.7 Å². The quantitative estimate of drug-likeness (QED) is 0.373. The van der Waals surface area contributed by atoms with Crippen molar-refractivity contribution < 1.29 is 4.79 Å². The minimum atomic E-state index is -0.319. The van der Waals surface area contributed by atoms with Crippen LogP contribution < -0.4 is 10.6 Å². The minimum Gasteiger partial charge on any atom is -0.355 e. The molecule has 7 heteroatoms. The molecule has 1 fully saturated rings. The summed E-state index contributed by atoms with van der Waals surface area (Å²) in [7, 11) is 5.41. The molecule has 0 bridgehead atoms. The molecule has 1 atom stereocenters. The van der Waals surface area contributed by atoms with Crippen molar-refractivity contribution in [1.29, 1.82) is 0 Å². The highest BCUT2D eigenvalue weighted by Gasteiger charge is 2.42. The lowest BCUT2D eigenvalue weighted by molar-refractivity contribution is -0.138. The van der Waals surface area contributed by atoms with E-state index in [1.807, 2.05) is 38.4 Å². The molecular formula is C19H30ClIN4O. The molecular weight excluding hydrogens is 463 g/mol. The number of nitrogens with one attached hydrogen (secondary N) is 2. The maximum atomic E-state index is 12.7. The maximum absolute atomic E-state index is 12.7. The van der Waals surface area contributed by atoms with Gasteiger partial charge in [0.2, 0.25) is 5.91 Å². The summed E-state index contributed by atoms with van der Waals surface area (Å²) in [6.07, 6.45) is 4.06. The second-order valence-electron chi connectivity index (χ2n) is 7.03. The van der Waals surface area contributed by atoms with Crippen LogP contribution in [-0.2, 0) is 4.79 Å². The van der Waals surface area contributed by atoms with Crippen molar-refractivity contribution in [3.8, 4) is 0 Å². The third-order valence-corrected chi connectivity index (χ3v) is 5.18. The lowest BCUT2D eigenvalue weighted by atomic mass is 9.84. The van der Waals surface area contributed by atoms with Crippen molar-refractivity contribution in [3.63, 3.8) is 0 Å². The van der Waals surface area contributed by atoms with Gasteiger partial charge in [0.05, 0.1) is 11.5 Å². The highest BCUT2D eigenvalue weighted by atomic mass is 127. The predicted octanol–water partition coefficient (Wildman–Crippen LogP) is 3.83. The van der Waals surface area contributed by atoms with Crippen molar-refractivity contribution in [2.75, 3.05) is 27.7 Å². The molecule has 1 unspecified atom stereocenters. The normalized spacial score (nSPS) is 17.2. The van der Waals surface area contributed by atoms with E-state index in [0.29, 0.717) is 12.5 Å². The Balaban J connectivity index is 0.00000338. The Labute approximate surface area is 179 Å². The number of hydrogen-bond donors (Lipinski definition) is 2. The summed E-state index contributed by atoms with van der Waals surface area (Å²) >= 11 is 6.07. The van der Waals surface area contributed by atoms with Crippen molar-refractivity contribution in [2.45, 2.75) is 38.6 Å². The van der Waals surface area contributed by atoms with E-state index >= 15 is 0 Å². The van der Waals surface area contributed by atoms with Crippen LogP contribution in [0.4, 0.5) is 0 Å². The van der Waals surface area contributed by atoms with Crippen LogP contribution in [0.25, 0.3) is 0 Å². The Hall–Kier alpha value is -1.02. The molecule has 146 valence electrons. The fraction of sp³-hybridized carbons (Fsp3) is 0.579. The molecule has 0 radical (unpaired) electrons. The Morgan fingerprint density at radius 2 is 2.00 bits per heavy atom. The molecule has 5 nitrogen and oxygen atoms in total. The third kappa shape index (κ3) is 5.74. The minimum absolute atomic E-state index is 0. The smallest absolute Gasteiger partial charge is 0.230 e. The average Bonchev–Trinajstić information content (AvgIpc) is 3.07. The van der Waals surface area contributed by atoms with Crippen molar-refractivity contribution in [1.82, 2.24) is 15.5 Å². The molecule has 1 saturated carbocycles. The average molecular weight is 493 g/mol. The number of halogens is 2. The number of aliphatic imine (C=N–C) groups is 1. The highest BCUT2D eigenvalue weighted by Crippen LogP contribution is 2.38. The number of rotatable bonds is 5. The first-order valence-corrected chi connectivity index (χ1v) is 9.20. The summed E-state index contributed by atoms with van der Waals surface area (Å²) in [6, 6.07) is 7.84. The Morgan fingerprint density at radius 3 is 2.54 bits per heavy atom. The van der Waals surface area contributed by atoms with E-state index < -0.39 is 0 Å². The number of benzene rings is 1. The van der Waals surface area contributed by atoms with E-state index in [4.69, 9.17) is 11.6 Å². The number of hydrogen-bond acceptors (Lipinski definition) is 2. The summed E-state index contributed by atoms with van der Waals surface area (Å²) in [5.41, 5.74) is 0.774. The van der Waals surface area contributed by atoms with Gasteiger partial charge in [-0.3, -0.25) is 9.79 Å². The lowest BCUT2D eigenvalue weighted by Gasteiger charge is -2.31. The zero-order valence-electron chi connectivity index (χ0n) is 16.0. The molecule has 1 amide bonds. The van der Waals surface area contributed by atoms with Gasteiger partial charge in [0.25, 0.3) is 0 Å². The summed E-state index contributed by atoms with van der Waals surface area (Å²) in [6.45, 7) is 2.67. The first-order chi connectivity index (χ1) is 11.9. The Morgan fingerprint density at radius 1 is 1.35 bits per heavy atom. The summed E-state index contributed by atoms with van der Waals surface area (Å²) in [4.78, 5) is 18.7. The highest BCUT2D eigenvalue weighted by molar-refractivity contribution is 14.0. The SMILES string of the molecule is CN=C(NCC1(C(=O)N(C)C)CCCC1)NC(C)c1cccc(Cl)c1.I. The summed E-state index contributed by atoms with van der Waals surface area (Å²) in [5.74, 6) is 0.904. The fourth-order valence-corrected chi connectivity index (χ4v) is 3.70. The van der Waals surface area contributed by atoms with Gasteiger partial charge < -0.3 is 15.5 Å². The Kier molecular flexibility index (Phi) is 9.16. The zero-order chi connectivity index (χ0) is 18.4. The second kappa shape index (κ2) is 10.3. The van der Waals surface area contributed by atoms with Gasteiger partial charge in [-0.15, -0.1) is 24.0 Å². The first-order valence-electron chi connectivity index (χ1n) is 8.82. The molecule has 1 aliphatic carbocycles. The van der Waals surface area contributed by atoms with Gasteiger partial charge >= 0.3 is 0 Å². The number of carbonyl (C=O) groups excluding carboxylic acids is 1. The largest absolute Gasteiger partial charge is 0.355 e. The number of guanidine groups is 1. The van der Waals surface area contributed by atoms with Gasteiger partial charge in [-0.05, 0) is 37.5 Å². The van der Waals surface area contributed by atoms with Gasteiger partial charge in [-0.2, -0.15) is 0 Å². The van der Waals surface area contributed by atoms with Crippen LogP contribution >= 0.6 is 35.6 Å². The predicted molar refractivity (Wildman–Crippen MR) is 119 cm³/mol. The molecule has 26 heavy (non-hydrogen) atoms. The van der Waals surface area contributed by atoms with Crippen LogP contribution in [0.1, 0.15) is 44.2 Å². The van der Waals surface area contributed by atoms with E-state index in [2.05, 4.69) is 22.5 Å². The van der Waals surface area contributed by atoms with Crippen LogP contribution in [0.3, 0.4) is 0 Å². The fourth-order valence-electron chi connectivity index (χ4n) is 3.50. The van der Waals surface area contributed by atoms with E-state index in [0.717, 1.165) is 36.3 Å². The van der Waals surface area contributed by atoms with Crippen molar-refractivity contribution in [2.24, 2.45) is 10.4 Å². The molecule has 0 spiro atoms. The lowest BCUT2D eigenvalue weighted by Crippen LogP contribution is -2.49. The van der Waals surface area contributed by atoms with Gasteiger partial charge in [0.1, 0.15) is 0 Å². The van der Waals surface area contributed by atoms with Crippen LogP contribution in [0.15, 0.2) is 29.3 Å². The van der Waals surface area contributed by atoms with E-state index in [9.17, 15) is 4.79 Å². The van der Waals surface area contributed by atoms with Crippen molar-refractivity contribution >= 4 is 47.4 Å². The standard InChI is InChI=1S/C19H29ClN4O.HI/c1-14(15-8-7-9-16(20)12-15)23-18(21-2)22-13-19(10-5-6-11-19)17(25)24(3)4;/h7-9,12,14H,5-6,10-11,13H2,1-4H3,(H2,21,22,23);1H. The monoisotopic (exact) mass is 492 g/mol.